The van der Waals surface area contributed by atoms with Crippen molar-refractivity contribution in [3.05, 3.63) is 48.5 Å². The second-order valence-electron chi connectivity index (χ2n) is 4.10. The predicted octanol–water partition coefficient (Wildman–Crippen LogP) is 3.58. The van der Waals surface area contributed by atoms with Crippen LogP contribution in [0.2, 0.25) is 0 Å². The Hall–Kier alpha value is -2.22. The van der Waals surface area contributed by atoms with E-state index < -0.39 is 0 Å². The maximum Gasteiger partial charge on any atom is 0.126 e. The van der Waals surface area contributed by atoms with Crippen LogP contribution in [0.4, 0.5) is 5.69 Å². The molecule has 0 aliphatic carbocycles. The molecule has 84 valence electrons. The highest BCUT2D eigenvalue weighted by Crippen LogP contribution is 2.31. The van der Waals surface area contributed by atoms with Crippen LogP contribution in [-0.2, 0) is 0 Å². The zero-order chi connectivity index (χ0) is 11.8. The van der Waals surface area contributed by atoms with Crippen LogP contribution in [0.1, 0.15) is 0 Å². The van der Waals surface area contributed by atoms with Crippen molar-refractivity contribution in [1.82, 2.24) is 0 Å². The van der Waals surface area contributed by atoms with E-state index in [0.29, 0.717) is 0 Å². The molecule has 0 spiro atoms. The Labute approximate surface area is 99.6 Å². The molecule has 0 bridgehead atoms. The van der Waals surface area contributed by atoms with Crippen LogP contribution in [0.5, 0.6) is 5.75 Å². The van der Waals surface area contributed by atoms with Crippen LogP contribution >= 0.6 is 0 Å². The van der Waals surface area contributed by atoms with Gasteiger partial charge in [-0.2, -0.15) is 0 Å². The van der Waals surface area contributed by atoms with E-state index in [-0.39, 0.29) is 0 Å². The topological polar surface area (TPSA) is 35.2 Å². The molecule has 0 fully saturated rings. The van der Waals surface area contributed by atoms with E-state index >= 15 is 0 Å². The molecular weight excluding hydrogens is 210 g/mol. The van der Waals surface area contributed by atoms with Crippen molar-refractivity contribution < 1.29 is 4.74 Å². The van der Waals surface area contributed by atoms with Gasteiger partial charge in [-0.25, -0.2) is 0 Å². The largest absolute Gasteiger partial charge is 0.496 e. The first kappa shape index (κ1) is 9.97. The van der Waals surface area contributed by atoms with Crippen molar-refractivity contribution in [3.63, 3.8) is 0 Å². The lowest BCUT2D eigenvalue weighted by atomic mass is 10.0. The number of benzene rings is 3. The first-order valence-electron chi connectivity index (χ1n) is 5.54. The fraction of sp³-hybridized carbons (Fsp3) is 0.0667. The highest BCUT2D eigenvalue weighted by Gasteiger charge is 2.04. The van der Waals surface area contributed by atoms with Crippen molar-refractivity contribution in [2.75, 3.05) is 12.8 Å². The minimum absolute atomic E-state index is 0.801. The molecule has 0 aliphatic heterocycles. The summed E-state index contributed by atoms with van der Waals surface area (Å²) in [4.78, 5) is 0. The monoisotopic (exact) mass is 223 g/mol. The zero-order valence-electron chi connectivity index (χ0n) is 9.60. The van der Waals surface area contributed by atoms with Crippen molar-refractivity contribution in [3.8, 4) is 5.75 Å². The average Bonchev–Trinajstić information content (AvgIpc) is 2.36. The highest BCUT2D eigenvalue weighted by atomic mass is 16.5. The summed E-state index contributed by atoms with van der Waals surface area (Å²) in [7, 11) is 1.69. The molecule has 2 N–H and O–H groups in total. The van der Waals surface area contributed by atoms with Crippen LogP contribution < -0.4 is 10.5 Å². The molecule has 3 aromatic carbocycles. The van der Waals surface area contributed by atoms with E-state index in [1.165, 1.54) is 5.39 Å². The molecule has 0 saturated carbocycles. The first-order valence-corrected chi connectivity index (χ1v) is 5.54. The lowest BCUT2D eigenvalue weighted by Crippen LogP contribution is -1.88. The Morgan fingerprint density at radius 1 is 0.882 bits per heavy atom. The molecular formula is C15H13NO. The molecule has 0 aliphatic rings. The van der Waals surface area contributed by atoms with E-state index in [1.54, 1.807) is 7.11 Å². The number of ether oxygens (including phenoxy) is 1. The molecule has 3 rings (SSSR count). The van der Waals surface area contributed by atoms with Gasteiger partial charge in [-0.3, -0.25) is 0 Å². The molecule has 0 aromatic heterocycles. The number of nitrogens with two attached hydrogens (primary N) is 1. The molecule has 0 radical (unpaired) electrons. The van der Waals surface area contributed by atoms with E-state index in [0.717, 1.165) is 27.6 Å². The van der Waals surface area contributed by atoms with Gasteiger partial charge >= 0.3 is 0 Å². The lowest BCUT2D eigenvalue weighted by molar-refractivity contribution is 0.420. The van der Waals surface area contributed by atoms with E-state index in [1.807, 2.05) is 24.3 Å². The quantitative estimate of drug-likeness (QED) is 0.505. The second kappa shape index (κ2) is 3.67. The molecule has 2 heteroatoms. The van der Waals surface area contributed by atoms with Crippen molar-refractivity contribution in [2.45, 2.75) is 0 Å². The lowest BCUT2D eigenvalue weighted by Gasteiger charge is -2.08. The minimum Gasteiger partial charge on any atom is -0.496 e. The summed E-state index contributed by atoms with van der Waals surface area (Å²) in [6.07, 6.45) is 0. The van der Waals surface area contributed by atoms with Gasteiger partial charge in [0.05, 0.1) is 7.11 Å². The summed E-state index contributed by atoms with van der Waals surface area (Å²) >= 11 is 0. The van der Waals surface area contributed by atoms with Crippen molar-refractivity contribution >= 4 is 27.2 Å². The summed E-state index contributed by atoms with van der Waals surface area (Å²) in [6, 6.07) is 16.3. The molecule has 0 amide bonds. The normalized spacial score (nSPS) is 10.9. The maximum absolute atomic E-state index is 6.00. The number of rotatable bonds is 1. The van der Waals surface area contributed by atoms with Crippen LogP contribution in [0.25, 0.3) is 21.5 Å². The number of fused-ring (bicyclic) bond motifs is 2. The second-order valence-corrected chi connectivity index (χ2v) is 4.10. The predicted molar refractivity (Wildman–Crippen MR) is 72.4 cm³/mol. The summed E-state index contributed by atoms with van der Waals surface area (Å²) in [5.74, 6) is 0.882. The van der Waals surface area contributed by atoms with Gasteiger partial charge in [-0.05, 0) is 35.0 Å². The fourth-order valence-corrected chi connectivity index (χ4v) is 2.23. The molecule has 17 heavy (non-hydrogen) atoms. The Morgan fingerprint density at radius 2 is 1.59 bits per heavy atom. The van der Waals surface area contributed by atoms with Crippen molar-refractivity contribution in [2.24, 2.45) is 0 Å². The highest BCUT2D eigenvalue weighted by molar-refractivity contribution is 6.05. The van der Waals surface area contributed by atoms with Gasteiger partial charge in [0.2, 0.25) is 0 Å². The fourth-order valence-electron chi connectivity index (χ4n) is 2.23. The molecule has 0 heterocycles. The summed E-state index contributed by atoms with van der Waals surface area (Å²) in [5.41, 5.74) is 6.80. The summed E-state index contributed by atoms with van der Waals surface area (Å²) in [6.45, 7) is 0. The maximum atomic E-state index is 6.00. The van der Waals surface area contributed by atoms with Gasteiger partial charge in [0.25, 0.3) is 0 Å². The van der Waals surface area contributed by atoms with E-state index in [2.05, 4.69) is 24.3 Å². The molecule has 0 saturated heterocycles. The van der Waals surface area contributed by atoms with E-state index in [4.69, 9.17) is 10.5 Å². The Balaban J connectivity index is 2.49. The zero-order valence-corrected chi connectivity index (χ0v) is 9.60. The van der Waals surface area contributed by atoms with Gasteiger partial charge in [0.15, 0.2) is 0 Å². The number of methoxy groups -OCH3 is 1. The average molecular weight is 223 g/mol. The SMILES string of the molecule is COc1cccc2cc3cccc(N)c3cc12. The summed E-state index contributed by atoms with van der Waals surface area (Å²) in [5, 5.41) is 4.50. The Kier molecular flexibility index (Phi) is 2.15. The number of hydrogen-bond donors (Lipinski definition) is 1. The van der Waals surface area contributed by atoms with Crippen molar-refractivity contribution in [1.29, 1.82) is 0 Å². The summed E-state index contributed by atoms with van der Waals surface area (Å²) < 4.78 is 5.38. The van der Waals surface area contributed by atoms with Crippen LogP contribution in [0.15, 0.2) is 48.5 Å². The van der Waals surface area contributed by atoms with Gasteiger partial charge in [-0.15, -0.1) is 0 Å². The number of anilines is 1. The third-order valence-electron chi connectivity index (χ3n) is 3.09. The smallest absolute Gasteiger partial charge is 0.126 e. The third kappa shape index (κ3) is 1.49. The standard InChI is InChI=1S/C15H13NO/c1-17-15-7-3-5-11-8-10-4-2-6-14(16)12(10)9-13(11)15/h2-9H,16H2,1H3. The number of nitrogen functional groups attached to an aromatic ring is 1. The van der Waals surface area contributed by atoms with Crippen LogP contribution in [-0.4, -0.2) is 7.11 Å². The van der Waals surface area contributed by atoms with Crippen LogP contribution in [0.3, 0.4) is 0 Å². The van der Waals surface area contributed by atoms with Gasteiger partial charge in [0, 0.05) is 16.5 Å². The molecule has 0 unspecified atom stereocenters. The van der Waals surface area contributed by atoms with Gasteiger partial charge in [-0.1, -0.05) is 24.3 Å². The third-order valence-corrected chi connectivity index (χ3v) is 3.09. The van der Waals surface area contributed by atoms with Gasteiger partial charge in [0.1, 0.15) is 5.75 Å². The van der Waals surface area contributed by atoms with E-state index in [9.17, 15) is 0 Å². The van der Waals surface area contributed by atoms with Gasteiger partial charge < -0.3 is 10.5 Å². The number of hydrogen-bond acceptors (Lipinski definition) is 2. The molecule has 2 nitrogen and oxygen atoms in total. The first-order chi connectivity index (χ1) is 8.29. The van der Waals surface area contributed by atoms with Crippen LogP contribution in [0, 0.1) is 0 Å². The molecule has 3 aromatic rings. The molecule has 0 atom stereocenters. The Morgan fingerprint density at radius 3 is 2.35 bits per heavy atom. The minimum atomic E-state index is 0.801. The Bertz CT molecular complexity index is 704.